The third kappa shape index (κ3) is 6.81. The summed E-state index contributed by atoms with van der Waals surface area (Å²) < 4.78 is 0. The Morgan fingerprint density at radius 1 is 0.426 bits per heavy atom. The summed E-state index contributed by atoms with van der Waals surface area (Å²) in [6.07, 6.45) is 1.98. The van der Waals surface area contributed by atoms with Gasteiger partial charge in [-0.25, -0.2) is 0 Å². The molecule has 6 aromatic carbocycles. The summed E-state index contributed by atoms with van der Waals surface area (Å²) >= 11 is 0. The molecule has 0 saturated heterocycles. The van der Waals surface area contributed by atoms with Crippen LogP contribution in [0, 0.1) is 0 Å². The number of nitrogens with zero attached hydrogens (tertiary/aromatic N) is 2. The van der Waals surface area contributed by atoms with Crippen molar-refractivity contribution in [1.82, 2.24) is 5.01 Å². The molecular weight excluding hydrogens is 742 g/mol. The van der Waals surface area contributed by atoms with Crippen LogP contribution in [-0.4, -0.2) is 29.7 Å². The lowest BCUT2D eigenvalue weighted by atomic mass is 10.3. The Balaban J connectivity index is 0.00000217. The molecule has 6 aromatic rings. The van der Waals surface area contributed by atoms with E-state index >= 15 is 0 Å². The summed E-state index contributed by atoms with van der Waals surface area (Å²) in [7, 11) is -4.10. The van der Waals surface area contributed by atoms with Gasteiger partial charge in [0.15, 0.2) is 12.7 Å². The zero-order valence-electron chi connectivity index (χ0n) is 26.2. The second-order valence-corrected chi connectivity index (χ2v) is 18.5. The van der Waals surface area contributed by atoms with E-state index in [0.29, 0.717) is 0 Å². The van der Waals surface area contributed by atoms with E-state index < -0.39 is 14.5 Å². The van der Waals surface area contributed by atoms with Gasteiger partial charge in [-0.15, -0.1) is 5.10 Å². The fourth-order valence-corrected chi connectivity index (χ4v) is 15.5. The summed E-state index contributed by atoms with van der Waals surface area (Å²) in [5.41, 5.74) is 1.31. The fraction of sp³-hybridized carbons (Fsp3) is 0.0976. The molecule has 0 N–H and O–H groups in total. The lowest BCUT2D eigenvalue weighted by molar-refractivity contribution is -0.001000. The smallest absolute Gasteiger partial charge is 0.194 e. The Morgan fingerprint density at radius 2 is 0.723 bits per heavy atom. The second-order valence-electron chi connectivity index (χ2n) is 11.4. The predicted molar refractivity (Wildman–Crippen MR) is 199 cm³/mol. The predicted octanol–water partition coefficient (Wildman–Crippen LogP) is 1.00. The van der Waals surface area contributed by atoms with E-state index in [1.807, 2.05) is 0 Å². The van der Waals surface area contributed by atoms with Crippen LogP contribution in [0.4, 0.5) is 0 Å². The molecule has 0 radical (unpaired) electrons. The highest BCUT2D eigenvalue weighted by molar-refractivity contribution is 8.08. The number of hydrazone groups is 1. The summed E-state index contributed by atoms with van der Waals surface area (Å²) in [5, 5.41) is 16.3. The molecule has 6 heteroatoms. The number of hydrogen-bond donors (Lipinski definition) is 0. The molecule has 2 nitrogen and oxygen atoms in total. The van der Waals surface area contributed by atoms with Gasteiger partial charge in [-0.2, -0.15) is 0 Å². The first-order valence-corrected chi connectivity index (χ1v) is 19.5. The van der Waals surface area contributed by atoms with Crippen LogP contribution < -0.4 is 65.8 Å². The highest BCUT2D eigenvalue weighted by Crippen LogP contribution is 2.59. The summed E-state index contributed by atoms with van der Waals surface area (Å²) in [6.45, 7) is 1.83. The van der Waals surface area contributed by atoms with E-state index in [4.69, 9.17) is 5.10 Å². The SMILES string of the molecule is [Br-].[Br-].c1ccc([P+](CCN2CCC([P+](c3ccccc3)(c3ccccc3)c3ccccc3)=N2)(c2ccccc2)c2ccccc2)cc1. The molecular formula is C41H38Br2N2P2. The van der Waals surface area contributed by atoms with Crippen LogP contribution in [0.2, 0.25) is 0 Å². The Bertz CT molecular complexity index is 1650. The summed E-state index contributed by atoms with van der Waals surface area (Å²) in [4.78, 5) is 0. The molecule has 0 atom stereocenters. The standard InChI is InChI=1S/C41H38N2P2.2BrH/c1-7-19-35(20-8-1)44(36-21-9-2-10-22-36,37-23-11-3-12-24-37)34-33-43-32-31-41(42-43)45(38-25-13-4-14-26-38,39-27-15-5-16-28-39)40-29-17-6-18-30-40;;/h1-30H,31-34H2;2*1H/q+2;;/p-2. The minimum atomic E-state index is -2.16. The molecule has 0 amide bonds. The van der Waals surface area contributed by atoms with E-state index in [2.05, 4.69) is 187 Å². The molecule has 0 bridgehead atoms. The minimum absolute atomic E-state index is 0. The molecule has 7 rings (SSSR count). The van der Waals surface area contributed by atoms with Gasteiger partial charge in [-0.1, -0.05) is 109 Å². The largest absolute Gasteiger partial charge is 1.00 e. The zero-order chi connectivity index (χ0) is 30.4. The van der Waals surface area contributed by atoms with Gasteiger partial charge in [0, 0.05) is 13.0 Å². The molecule has 0 spiro atoms. The highest BCUT2D eigenvalue weighted by atomic mass is 79.9. The van der Waals surface area contributed by atoms with E-state index in [1.54, 1.807) is 0 Å². The summed E-state index contributed by atoms with van der Waals surface area (Å²) in [6, 6.07) is 66.9. The molecule has 236 valence electrons. The maximum Gasteiger partial charge on any atom is 0.194 e. The zero-order valence-corrected chi connectivity index (χ0v) is 31.2. The van der Waals surface area contributed by atoms with E-state index in [1.165, 1.54) is 37.3 Å². The molecule has 1 heterocycles. The third-order valence-electron chi connectivity index (χ3n) is 8.95. The van der Waals surface area contributed by atoms with Crippen LogP contribution in [0.15, 0.2) is 187 Å². The van der Waals surface area contributed by atoms with Crippen molar-refractivity contribution >= 4 is 51.8 Å². The van der Waals surface area contributed by atoms with Gasteiger partial charge in [0.2, 0.25) is 0 Å². The molecule has 47 heavy (non-hydrogen) atoms. The minimum Gasteiger partial charge on any atom is -1.00 e. The molecule has 0 fully saturated rings. The Hall–Kier alpha value is -3.39. The van der Waals surface area contributed by atoms with Crippen molar-refractivity contribution in [3.8, 4) is 0 Å². The molecule has 0 aromatic heterocycles. The normalized spacial score (nSPS) is 12.9. The molecule has 1 aliphatic heterocycles. The van der Waals surface area contributed by atoms with Crippen LogP contribution in [-0.2, 0) is 0 Å². The van der Waals surface area contributed by atoms with Crippen molar-refractivity contribution in [3.63, 3.8) is 0 Å². The van der Waals surface area contributed by atoms with Crippen molar-refractivity contribution in [2.24, 2.45) is 5.10 Å². The third-order valence-corrected chi connectivity index (χ3v) is 17.7. The number of benzene rings is 6. The van der Waals surface area contributed by atoms with Gasteiger partial charge in [-0.3, -0.25) is 5.01 Å². The first kappa shape index (κ1) is 34.9. The van der Waals surface area contributed by atoms with Crippen LogP contribution in [0.5, 0.6) is 0 Å². The van der Waals surface area contributed by atoms with E-state index in [9.17, 15) is 0 Å². The molecule has 0 unspecified atom stereocenters. The summed E-state index contributed by atoms with van der Waals surface area (Å²) in [5.74, 6) is 0. The monoisotopic (exact) mass is 778 g/mol. The topological polar surface area (TPSA) is 15.6 Å². The Kier molecular flexibility index (Phi) is 12.0. The van der Waals surface area contributed by atoms with Gasteiger partial charge in [0.1, 0.15) is 39.1 Å². The van der Waals surface area contributed by atoms with Crippen molar-refractivity contribution in [1.29, 1.82) is 0 Å². The van der Waals surface area contributed by atoms with E-state index in [0.717, 1.165) is 25.7 Å². The average molecular weight is 781 g/mol. The Labute approximate surface area is 301 Å². The quantitative estimate of drug-likeness (QED) is 0.190. The van der Waals surface area contributed by atoms with Gasteiger partial charge in [0.05, 0.1) is 12.7 Å². The fourth-order valence-electron chi connectivity index (χ4n) is 6.89. The first-order valence-electron chi connectivity index (χ1n) is 15.8. The van der Waals surface area contributed by atoms with E-state index in [-0.39, 0.29) is 34.0 Å². The number of halogens is 2. The van der Waals surface area contributed by atoms with Crippen LogP contribution in [0.25, 0.3) is 0 Å². The van der Waals surface area contributed by atoms with Crippen LogP contribution in [0.1, 0.15) is 6.42 Å². The number of rotatable bonds is 10. The van der Waals surface area contributed by atoms with Crippen molar-refractivity contribution in [3.05, 3.63) is 182 Å². The van der Waals surface area contributed by atoms with Gasteiger partial charge in [-0.05, 0) is 72.8 Å². The maximum atomic E-state index is 5.59. The average Bonchev–Trinajstić information content (AvgIpc) is 3.61. The van der Waals surface area contributed by atoms with Crippen LogP contribution >= 0.6 is 14.5 Å². The van der Waals surface area contributed by atoms with Crippen molar-refractivity contribution in [2.45, 2.75) is 6.42 Å². The first-order chi connectivity index (χ1) is 22.3. The molecule has 0 aliphatic carbocycles. The lowest BCUT2D eigenvalue weighted by Crippen LogP contribution is -3.00. The van der Waals surface area contributed by atoms with Gasteiger partial charge < -0.3 is 34.0 Å². The van der Waals surface area contributed by atoms with Crippen LogP contribution in [0.3, 0.4) is 0 Å². The van der Waals surface area contributed by atoms with Gasteiger partial charge >= 0.3 is 0 Å². The number of hydrogen-bond acceptors (Lipinski definition) is 2. The Morgan fingerprint density at radius 3 is 1.04 bits per heavy atom. The van der Waals surface area contributed by atoms with Crippen molar-refractivity contribution < 1.29 is 34.0 Å². The maximum absolute atomic E-state index is 5.59. The highest BCUT2D eigenvalue weighted by Gasteiger charge is 2.53. The lowest BCUT2D eigenvalue weighted by Gasteiger charge is -2.29. The van der Waals surface area contributed by atoms with Crippen molar-refractivity contribution in [2.75, 3.05) is 19.3 Å². The molecule has 0 saturated carbocycles. The molecule has 1 aliphatic rings. The van der Waals surface area contributed by atoms with Gasteiger partial charge in [0.25, 0.3) is 0 Å². The second kappa shape index (κ2) is 16.1.